The van der Waals surface area contributed by atoms with Gasteiger partial charge < -0.3 is 5.41 Å². The molecule has 1 aromatic carbocycles. The van der Waals surface area contributed by atoms with Gasteiger partial charge in [0.05, 0.1) is 10.8 Å². The first kappa shape index (κ1) is 15.6. The zero-order chi connectivity index (χ0) is 15.9. The van der Waals surface area contributed by atoms with Gasteiger partial charge in [-0.25, -0.2) is 8.42 Å². The lowest BCUT2D eigenvalue weighted by molar-refractivity contribution is -0.127. The maximum absolute atomic E-state index is 13.0. The lowest BCUT2D eigenvalue weighted by Crippen LogP contribution is -2.59. The second-order valence-corrected chi connectivity index (χ2v) is 8.08. The number of halogens is 1. The van der Waals surface area contributed by atoms with Crippen LogP contribution < -0.4 is 0 Å². The number of Topliss-reactive ketones (excluding diaryl/α,β-unsaturated/α-hetero) is 1. The number of hydrogen-bond acceptors (Lipinski definition) is 4. The van der Waals surface area contributed by atoms with Gasteiger partial charge >= 0.3 is 0 Å². The molecule has 3 unspecified atom stereocenters. The van der Waals surface area contributed by atoms with E-state index in [0.717, 1.165) is 12.6 Å². The van der Waals surface area contributed by atoms with Gasteiger partial charge in [-0.1, -0.05) is 18.0 Å². The van der Waals surface area contributed by atoms with Crippen molar-refractivity contribution < 1.29 is 13.2 Å². The van der Waals surface area contributed by atoms with Gasteiger partial charge in [0.15, 0.2) is 0 Å². The molecule has 2 saturated heterocycles. The number of carbonyl (C=O) groups excluding carboxylic acids is 1. The molecule has 3 atom stereocenters. The first-order valence-corrected chi connectivity index (χ1v) is 9.09. The van der Waals surface area contributed by atoms with Crippen LogP contribution in [-0.2, 0) is 14.8 Å². The third kappa shape index (κ3) is 2.49. The van der Waals surface area contributed by atoms with Crippen molar-refractivity contribution in [2.24, 2.45) is 5.92 Å². The van der Waals surface area contributed by atoms with Crippen molar-refractivity contribution in [3.63, 3.8) is 0 Å². The fourth-order valence-corrected chi connectivity index (χ4v) is 5.52. The van der Waals surface area contributed by atoms with Gasteiger partial charge in [0, 0.05) is 29.7 Å². The molecule has 0 aromatic heterocycles. The van der Waals surface area contributed by atoms with Crippen molar-refractivity contribution in [1.29, 1.82) is 5.41 Å². The Morgan fingerprint density at radius 2 is 1.91 bits per heavy atom. The van der Waals surface area contributed by atoms with Crippen LogP contribution in [0.25, 0.3) is 0 Å². The molecule has 2 aliphatic heterocycles. The number of rotatable bonds is 3. The van der Waals surface area contributed by atoms with Gasteiger partial charge in [0.1, 0.15) is 5.78 Å². The number of nitrogens with zero attached hydrogens (tertiary/aromatic N) is 1. The lowest BCUT2D eigenvalue weighted by atomic mass is 9.79. The molecule has 118 valence electrons. The molecule has 7 heteroatoms. The number of sulfonamides is 1. The molecular weight excluding hydrogens is 324 g/mol. The highest BCUT2D eigenvalue weighted by Gasteiger charge is 2.49. The average molecular weight is 341 g/mol. The van der Waals surface area contributed by atoms with Crippen LogP contribution in [0.2, 0.25) is 5.02 Å². The summed E-state index contributed by atoms with van der Waals surface area (Å²) in [5.74, 6) is -0.647. The zero-order valence-electron chi connectivity index (χ0n) is 11.9. The topological polar surface area (TPSA) is 78.3 Å². The molecule has 2 aliphatic rings. The molecule has 2 bridgehead atoms. The Kier molecular flexibility index (Phi) is 4.09. The van der Waals surface area contributed by atoms with Crippen molar-refractivity contribution in [2.75, 3.05) is 0 Å². The Hall–Kier alpha value is -1.24. The van der Waals surface area contributed by atoms with Crippen LogP contribution in [0.15, 0.2) is 29.2 Å². The summed E-state index contributed by atoms with van der Waals surface area (Å²) in [6.45, 7) is 0. The van der Waals surface area contributed by atoms with E-state index in [9.17, 15) is 13.2 Å². The third-order valence-electron chi connectivity index (χ3n) is 4.52. The molecule has 3 rings (SSSR count). The Bertz CT molecular complexity index is 702. The van der Waals surface area contributed by atoms with Crippen molar-refractivity contribution in [2.45, 2.75) is 42.7 Å². The average Bonchev–Trinajstić information content (AvgIpc) is 2.47. The van der Waals surface area contributed by atoms with Gasteiger partial charge in [0.2, 0.25) is 10.0 Å². The van der Waals surface area contributed by atoms with Crippen molar-refractivity contribution in [3.05, 3.63) is 29.3 Å². The minimum atomic E-state index is -3.69. The van der Waals surface area contributed by atoms with Crippen LogP contribution >= 0.6 is 11.6 Å². The van der Waals surface area contributed by atoms with Crippen LogP contribution in [0.4, 0.5) is 0 Å². The molecule has 1 N–H and O–H groups in total. The molecule has 2 fully saturated rings. The first-order chi connectivity index (χ1) is 10.4. The summed E-state index contributed by atoms with van der Waals surface area (Å²) >= 11 is 5.83. The second-order valence-electron chi connectivity index (χ2n) is 5.80. The van der Waals surface area contributed by atoms with Gasteiger partial charge in [-0.15, -0.1) is 0 Å². The summed E-state index contributed by atoms with van der Waals surface area (Å²) < 4.78 is 27.4. The molecule has 0 aliphatic carbocycles. The number of hydrogen-bond donors (Lipinski definition) is 1. The minimum absolute atomic E-state index is 0.0211. The molecule has 0 saturated carbocycles. The van der Waals surface area contributed by atoms with E-state index >= 15 is 0 Å². The van der Waals surface area contributed by atoms with Crippen LogP contribution in [-0.4, -0.2) is 36.8 Å². The number of ketones is 1. The number of nitrogens with one attached hydrogen (secondary N) is 1. The predicted molar refractivity (Wildman–Crippen MR) is 83.8 cm³/mol. The third-order valence-corrected chi connectivity index (χ3v) is 6.76. The van der Waals surface area contributed by atoms with E-state index in [1.165, 1.54) is 16.4 Å². The number of fused-ring (bicyclic) bond motifs is 2. The van der Waals surface area contributed by atoms with E-state index in [1.807, 2.05) is 0 Å². The van der Waals surface area contributed by atoms with E-state index in [1.54, 1.807) is 12.1 Å². The molecule has 1 aromatic rings. The smallest absolute Gasteiger partial charge is 0.243 e. The van der Waals surface area contributed by atoms with Crippen LogP contribution in [0, 0.1) is 11.3 Å². The first-order valence-electron chi connectivity index (χ1n) is 7.27. The van der Waals surface area contributed by atoms with Crippen LogP contribution in [0.3, 0.4) is 0 Å². The number of carbonyl (C=O) groups is 1. The summed E-state index contributed by atoms with van der Waals surface area (Å²) in [6, 6.07) is 5.36. The highest BCUT2D eigenvalue weighted by Crippen LogP contribution is 2.39. The standard InChI is InChI=1S/C15H17ClN2O3S/c16-10-4-6-12(7-5-10)22(20,21)18-11-2-1-3-14(18)13(9-17)15(19)8-11/h4-7,9,11,13-14,17H,1-3,8H2. The summed E-state index contributed by atoms with van der Waals surface area (Å²) in [4.78, 5) is 12.3. The number of piperidine rings is 2. The van der Waals surface area contributed by atoms with Crippen molar-refractivity contribution >= 4 is 33.6 Å². The highest BCUT2D eigenvalue weighted by molar-refractivity contribution is 7.89. The molecule has 5 nitrogen and oxygen atoms in total. The monoisotopic (exact) mass is 340 g/mol. The summed E-state index contributed by atoms with van der Waals surface area (Å²) in [5, 5.41) is 7.97. The maximum Gasteiger partial charge on any atom is 0.243 e. The molecule has 0 radical (unpaired) electrons. The van der Waals surface area contributed by atoms with Crippen LogP contribution in [0.5, 0.6) is 0 Å². The Labute approximate surface area is 134 Å². The molecule has 22 heavy (non-hydrogen) atoms. The van der Waals surface area contributed by atoms with E-state index in [2.05, 4.69) is 0 Å². The van der Waals surface area contributed by atoms with Gasteiger partial charge in [-0.2, -0.15) is 4.31 Å². The summed E-state index contributed by atoms with van der Waals surface area (Å²) in [6.07, 6.45) is 3.50. The largest absolute Gasteiger partial charge is 0.312 e. The fourth-order valence-electron chi connectivity index (χ4n) is 3.51. The second kappa shape index (κ2) is 5.76. The lowest BCUT2D eigenvalue weighted by Gasteiger charge is -2.46. The Morgan fingerprint density at radius 3 is 2.55 bits per heavy atom. The van der Waals surface area contributed by atoms with Gasteiger partial charge in [0.25, 0.3) is 0 Å². The zero-order valence-corrected chi connectivity index (χ0v) is 13.5. The van der Waals surface area contributed by atoms with Gasteiger partial charge in [-0.3, -0.25) is 4.79 Å². The Morgan fingerprint density at radius 1 is 1.23 bits per heavy atom. The highest BCUT2D eigenvalue weighted by atomic mass is 35.5. The SMILES string of the molecule is N=CC1C(=O)CC2CCCC1N2S(=O)(=O)c1ccc(Cl)cc1. The van der Waals surface area contributed by atoms with Crippen LogP contribution in [0.1, 0.15) is 25.7 Å². The minimum Gasteiger partial charge on any atom is -0.312 e. The maximum atomic E-state index is 13.0. The van der Waals surface area contributed by atoms with E-state index in [-0.39, 0.29) is 23.1 Å². The van der Waals surface area contributed by atoms with Crippen molar-refractivity contribution in [1.82, 2.24) is 4.31 Å². The fraction of sp³-hybridized carbons (Fsp3) is 0.467. The molecular formula is C15H17ClN2O3S. The van der Waals surface area contributed by atoms with E-state index in [0.29, 0.717) is 17.9 Å². The quantitative estimate of drug-likeness (QED) is 0.858. The molecule has 0 amide bonds. The van der Waals surface area contributed by atoms with Gasteiger partial charge in [-0.05, 0) is 37.1 Å². The predicted octanol–water partition coefficient (Wildman–Crippen LogP) is 2.49. The normalized spacial score (nSPS) is 29.3. The molecule has 2 heterocycles. The summed E-state index contributed by atoms with van der Waals surface area (Å²) in [5.41, 5.74) is 0. The summed E-state index contributed by atoms with van der Waals surface area (Å²) in [7, 11) is -3.69. The Balaban J connectivity index is 2.03. The van der Waals surface area contributed by atoms with E-state index < -0.39 is 22.0 Å². The van der Waals surface area contributed by atoms with Crippen molar-refractivity contribution in [3.8, 4) is 0 Å². The van der Waals surface area contributed by atoms with E-state index in [4.69, 9.17) is 17.0 Å². The number of benzene rings is 1. The molecule has 0 spiro atoms.